The Morgan fingerprint density at radius 2 is 2.53 bits per heavy atom. The summed E-state index contributed by atoms with van der Waals surface area (Å²) in [6, 6.07) is 1.89. The summed E-state index contributed by atoms with van der Waals surface area (Å²) in [4.78, 5) is 11.8. The summed E-state index contributed by atoms with van der Waals surface area (Å²) in [5.41, 5.74) is 0.556. The molecule has 0 aliphatic carbocycles. The number of furan rings is 1. The molecule has 1 fully saturated rings. The average Bonchev–Trinajstić information content (AvgIpc) is 2.66. The van der Waals surface area contributed by atoms with Crippen LogP contribution in [0.1, 0.15) is 23.2 Å². The number of halogens is 1. The molecule has 1 aromatic rings. The Hall–Kier alpha value is -0.810. The van der Waals surface area contributed by atoms with Gasteiger partial charge in [-0.2, -0.15) is 0 Å². The van der Waals surface area contributed by atoms with Crippen LogP contribution in [0.25, 0.3) is 0 Å². The van der Waals surface area contributed by atoms with Gasteiger partial charge in [0.25, 0.3) is 5.91 Å². The minimum absolute atomic E-state index is 0.0793. The van der Waals surface area contributed by atoms with Crippen LogP contribution in [0.15, 0.2) is 21.4 Å². The summed E-state index contributed by atoms with van der Waals surface area (Å²) < 4.78 is 5.50. The van der Waals surface area contributed by atoms with Crippen molar-refractivity contribution in [2.75, 3.05) is 13.1 Å². The van der Waals surface area contributed by atoms with Crippen molar-refractivity contribution in [3.8, 4) is 0 Å². The van der Waals surface area contributed by atoms with Crippen molar-refractivity contribution in [3.63, 3.8) is 0 Å². The maximum absolute atomic E-state index is 11.8. The first-order valence-electron chi connectivity index (χ1n) is 5.02. The second-order valence-electron chi connectivity index (χ2n) is 3.62. The lowest BCUT2D eigenvalue weighted by atomic mass is 10.1. The number of amides is 1. The van der Waals surface area contributed by atoms with Crippen molar-refractivity contribution in [2.45, 2.75) is 18.9 Å². The first kappa shape index (κ1) is 10.7. The number of hydrogen-bond acceptors (Lipinski definition) is 3. The van der Waals surface area contributed by atoms with Crippen LogP contribution in [0.4, 0.5) is 0 Å². The number of nitrogens with one attached hydrogen (secondary N) is 2. The topological polar surface area (TPSA) is 54.3 Å². The molecule has 1 aromatic heterocycles. The molecule has 0 radical (unpaired) electrons. The van der Waals surface area contributed by atoms with Crippen molar-refractivity contribution >= 4 is 21.8 Å². The van der Waals surface area contributed by atoms with Crippen LogP contribution in [-0.4, -0.2) is 25.0 Å². The summed E-state index contributed by atoms with van der Waals surface area (Å²) in [6.45, 7) is 1.89. The second-order valence-corrected chi connectivity index (χ2v) is 4.34. The van der Waals surface area contributed by atoms with E-state index in [9.17, 15) is 4.79 Å². The summed E-state index contributed by atoms with van der Waals surface area (Å²) >= 11 is 3.19. The van der Waals surface area contributed by atoms with Crippen molar-refractivity contribution < 1.29 is 9.21 Å². The number of carbonyl (C=O) groups is 1. The molecule has 15 heavy (non-hydrogen) atoms. The van der Waals surface area contributed by atoms with Crippen LogP contribution in [0, 0.1) is 0 Å². The minimum Gasteiger partial charge on any atom is -0.457 e. The van der Waals surface area contributed by atoms with Gasteiger partial charge in [0, 0.05) is 12.6 Å². The van der Waals surface area contributed by atoms with Gasteiger partial charge in [-0.1, -0.05) is 0 Å². The fourth-order valence-electron chi connectivity index (χ4n) is 1.69. The highest BCUT2D eigenvalue weighted by atomic mass is 79.9. The van der Waals surface area contributed by atoms with Gasteiger partial charge in [0.05, 0.1) is 11.8 Å². The van der Waals surface area contributed by atoms with Gasteiger partial charge >= 0.3 is 0 Å². The summed E-state index contributed by atoms with van der Waals surface area (Å²) in [6.07, 6.45) is 3.64. The van der Waals surface area contributed by atoms with E-state index in [0.717, 1.165) is 25.9 Å². The van der Waals surface area contributed by atoms with E-state index in [2.05, 4.69) is 26.6 Å². The van der Waals surface area contributed by atoms with Gasteiger partial charge in [0.15, 0.2) is 4.67 Å². The highest BCUT2D eigenvalue weighted by Crippen LogP contribution is 2.17. The van der Waals surface area contributed by atoms with E-state index in [0.29, 0.717) is 10.2 Å². The monoisotopic (exact) mass is 272 g/mol. The van der Waals surface area contributed by atoms with Gasteiger partial charge in [-0.25, -0.2) is 0 Å². The fourth-order valence-corrected chi connectivity index (χ4v) is 2.11. The van der Waals surface area contributed by atoms with E-state index < -0.39 is 0 Å². The van der Waals surface area contributed by atoms with Crippen molar-refractivity contribution in [1.82, 2.24) is 10.6 Å². The van der Waals surface area contributed by atoms with Gasteiger partial charge in [-0.15, -0.1) is 0 Å². The van der Waals surface area contributed by atoms with Crippen LogP contribution in [-0.2, 0) is 0 Å². The fraction of sp³-hybridized carbons (Fsp3) is 0.500. The van der Waals surface area contributed by atoms with E-state index in [1.165, 1.54) is 6.26 Å². The van der Waals surface area contributed by atoms with E-state index >= 15 is 0 Å². The highest BCUT2D eigenvalue weighted by Gasteiger charge is 2.18. The molecule has 2 N–H and O–H groups in total. The van der Waals surface area contributed by atoms with Crippen LogP contribution >= 0.6 is 15.9 Å². The quantitative estimate of drug-likeness (QED) is 0.859. The molecule has 0 aromatic carbocycles. The molecule has 1 atom stereocenters. The predicted octanol–water partition coefficient (Wildman–Crippen LogP) is 1.52. The zero-order chi connectivity index (χ0) is 10.7. The van der Waals surface area contributed by atoms with Crippen molar-refractivity contribution in [2.24, 2.45) is 0 Å². The molecule has 1 unspecified atom stereocenters. The first-order valence-corrected chi connectivity index (χ1v) is 5.81. The molecule has 1 amide bonds. The van der Waals surface area contributed by atoms with Crippen molar-refractivity contribution in [1.29, 1.82) is 0 Å². The Balaban J connectivity index is 1.94. The van der Waals surface area contributed by atoms with Crippen LogP contribution in [0.5, 0.6) is 0 Å². The Labute approximate surface area is 96.5 Å². The molecule has 0 saturated carbocycles. The second kappa shape index (κ2) is 4.81. The van der Waals surface area contributed by atoms with Crippen molar-refractivity contribution in [3.05, 3.63) is 22.6 Å². The van der Waals surface area contributed by atoms with Crippen LogP contribution in [0.3, 0.4) is 0 Å². The third-order valence-electron chi connectivity index (χ3n) is 2.49. The minimum atomic E-state index is -0.0793. The molecule has 1 saturated heterocycles. The number of hydrogen-bond donors (Lipinski definition) is 2. The Morgan fingerprint density at radius 1 is 1.67 bits per heavy atom. The van der Waals surface area contributed by atoms with E-state index in [4.69, 9.17) is 4.42 Å². The summed E-state index contributed by atoms with van der Waals surface area (Å²) in [5.74, 6) is -0.0793. The molecule has 5 heteroatoms. The average molecular weight is 273 g/mol. The zero-order valence-electron chi connectivity index (χ0n) is 8.25. The molecule has 2 rings (SSSR count). The Bertz CT molecular complexity index is 345. The lowest BCUT2D eigenvalue weighted by molar-refractivity contribution is 0.0929. The smallest absolute Gasteiger partial charge is 0.256 e. The molecule has 2 heterocycles. The predicted molar refractivity (Wildman–Crippen MR) is 59.8 cm³/mol. The maximum Gasteiger partial charge on any atom is 0.256 e. The summed E-state index contributed by atoms with van der Waals surface area (Å²) in [5, 5.41) is 6.22. The molecule has 82 valence electrons. The Kier molecular flexibility index (Phi) is 3.43. The molecule has 4 nitrogen and oxygen atoms in total. The molecule has 0 spiro atoms. The lowest BCUT2D eigenvalue weighted by Gasteiger charge is -2.23. The zero-order valence-corrected chi connectivity index (χ0v) is 9.84. The highest BCUT2D eigenvalue weighted by molar-refractivity contribution is 9.10. The van der Waals surface area contributed by atoms with Gasteiger partial charge in [0.1, 0.15) is 0 Å². The number of piperidine rings is 1. The molecular formula is C10H13BrN2O2. The van der Waals surface area contributed by atoms with E-state index in [1.807, 2.05) is 0 Å². The third kappa shape index (κ3) is 2.60. The van der Waals surface area contributed by atoms with Crippen LogP contribution in [0.2, 0.25) is 0 Å². The molecule has 0 bridgehead atoms. The van der Waals surface area contributed by atoms with Gasteiger partial charge in [-0.3, -0.25) is 4.79 Å². The van der Waals surface area contributed by atoms with E-state index in [-0.39, 0.29) is 11.9 Å². The molecule has 1 aliphatic heterocycles. The first-order chi connectivity index (χ1) is 7.27. The molecule has 1 aliphatic rings. The standard InChI is InChI=1S/C10H13BrN2O2/c11-9-8(3-5-15-9)10(14)13-7-2-1-4-12-6-7/h3,5,7,12H,1-2,4,6H2,(H,13,14). The maximum atomic E-state index is 11.8. The Morgan fingerprint density at radius 3 is 3.13 bits per heavy atom. The lowest BCUT2D eigenvalue weighted by Crippen LogP contribution is -2.45. The SMILES string of the molecule is O=C(NC1CCCNC1)c1ccoc1Br. The van der Waals surface area contributed by atoms with Gasteiger partial charge in [0.2, 0.25) is 0 Å². The third-order valence-corrected chi connectivity index (χ3v) is 3.11. The summed E-state index contributed by atoms with van der Waals surface area (Å²) in [7, 11) is 0. The number of carbonyl (C=O) groups excluding carboxylic acids is 1. The van der Waals surface area contributed by atoms with Gasteiger partial charge < -0.3 is 15.1 Å². The molecular weight excluding hydrogens is 260 g/mol. The van der Waals surface area contributed by atoms with E-state index in [1.54, 1.807) is 6.07 Å². The van der Waals surface area contributed by atoms with Gasteiger partial charge in [-0.05, 0) is 41.4 Å². The number of rotatable bonds is 2. The normalized spacial score (nSPS) is 21.3. The van der Waals surface area contributed by atoms with Crippen LogP contribution < -0.4 is 10.6 Å². The largest absolute Gasteiger partial charge is 0.457 e.